The van der Waals surface area contributed by atoms with Crippen molar-refractivity contribution in [2.75, 3.05) is 7.11 Å². The fraction of sp³-hybridized carbons (Fsp3) is 0.423. The van der Waals surface area contributed by atoms with E-state index in [0.717, 1.165) is 11.1 Å². The van der Waals surface area contributed by atoms with E-state index in [9.17, 15) is 14.4 Å². The fourth-order valence-electron chi connectivity index (χ4n) is 3.05. The monoisotopic (exact) mass is 439 g/mol. The van der Waals surface area contributed by atoms with E-state index in [1.165, 1.54) is 7.11 Å². The summed E-state index contributed by atoms with van der Waals surface area (Å²) in [4.78, 5) is 37.2. The van der Waals surface area contributed by atoms with E-state index < -0.39 is 23.6 Å². The Kier molecular flexibility index (Phi) is 7.83. The van der Waals surface area contributed by atoms with Gasteiger partial charge in [0.15, 0.2) is 0 Å². The summed E-state index contributed by atoms with van der Waals surface area (Å²) in [6, 6.07) is 13.2. The lowest BCUT2D eigenvalue weighted by Crippen LogP contribution is -2.43. The maximum Gasteiger partial charge on any atom is 0.338 e. The fourth-order valence-corrected chi connectivity index (χ4v) is 3.05. The Labute approximate surface area is 190 Å². The third kappa shape index (κ3) is 7.22. The van der Waals surface area contributed by atoms with Crippen molar-refractivity contribution >= 4 is 17.8 Å². The Balaban J connectivity index is 2.11. The van der Waals surface area contributed by atoms with Crippen molar-refractivity contribution < 1.29 is 23.9 Å². The standard InChI is InChI=1S/C26H33NO5/c1-25(2,3)20-14-12-18(13-15-20)22(28)27-21(24(30)31-7)16-17-8-10-19(11-9-17)23(29)32-26(4,5)6/h8-15,21H,16H2,1-7H3,(H,27,28)/t21-/m1/s1. The molecule has 32 heavy (non-hydrogen) atoms. The Morgan fingerprint density at radius 2 is 1.38 bits per heavy atom. The van der Waals surface area contributed by atoms with Gasteiger partial charge in [0, 0.05) is 12.0 Å². The van der Waals surface area contributed by atoms with Gasteiger partial charge in [-0.05, 0) is 61.6 Å². The number of methoxy groups -OCH3 is 1. The lowest BCUT2D eigenvalue weighted by atomic mass is 9.86. The predicted molar refractivity (Wildman–Crippen MR) is 124 cm³/mol. The molecular formula is C26H33NO5. The Morgan fingerprint density at radius 1 is 0.844 bits per heavy atom. The van der Waals surface area contributed by atoms with Crippen LogP contribution in [0.2, 0.25) is 0 Å². The highest BCUT2D eigenvalue weighted by molar-refractivity contribution is 5.97. The molecule has 0 aromatic heterocycles. The highest BCUT2D eigenvalue weighted by atomic mass is 16.6. The van der Waals surface area contributed by atoms with Crippen molar-refractivity contribution in [2.45, 2.75) is 65.0 Å². The Morgan fingerprint density at radius 3 is 1.84 bits per heavy atom. The van der Waals surface area contributed by atoms with Crippen LogP contribution < -0.4 is 5.32 Å². The number of esters is 2. The summed E-state index contributed by atoms with van der Waals surface area (Å²) in [5, 5.41) is 2.75. The molecule has 0 saturated carbocycles. The van der Waals surface area contributed by atoms with E-state index in [-0.39, 0.29) is 17.7 Å². The molecule has 2 rings (SSSR count). The van der Waals surface area contributed by atoms with Gasteiger partial charge in [-0.15, -0.1) is 0 Å². The zero-order valence-corrected chi connectivity index (χ0v) is 19.9. The maximum atomic E-state index is 12.7. The second-order valence-electron chi connectivity index (χ2n) is 9.78. The molecule has 6 heteroatoms. The lowest BCUT2D eigenvalue weighted by Gasteiger charge is -2.20. The molecule has 0 bridgehead atoms. The van der Waals surface area contributed by atoms with Gasteiger partial charge >= 0.3 is 11.9 Å². The summed E-state index contributed by atoms with van der Waals surface area (Å²) in [6.45, 7) is 11.7. The number of ether oxygens (including phenoxy) is 2. The van der Waals surface area contributed by atoms with E-state index in [2.05, 4.69) is 26.1 Å². The first-order chi connectivity index (χ1) is 14.8. The second kappa shape index (κ2) is 9.98. The van der Waals surface area contributed by atoms with Gasteiger partial charge in [-0.25, -0.2) is 9.59 Å². The van der Waals surface area contributed by atoms with Gasteiger partial charge in [-0.3, -0.25) is 4.79 Å². The molecule has 0 fully saturated rings. The first-order valence-electron chi connectivity index (χ1n) is 10.6. The first-order valence-corrected chi connectivity index (χ1v) is 10.6. The van der Waals surface area contributed by atoms with Crippen molar-refractivity contribution in [3.8, 4) is 0 Å². The van der Waals surface area contributed by atoms with Crippen molar-refractivity contribution in [1.29, 1.82) is 0 Å². The molecule has 0 aliphatic rings. The van der Waals surface area contributed by atoms with E-state index in [4.69, 9.17) is 9.47 Å². The van der Waals surface area contributed by atoms with Crippen LogP contribution in [0.15, 0.2) is 48.5 Å². The van der Waals surface area contributed by atoms with Gasteiger partial charge in [0.25, 0.3) is 5.91 Å². The molecule has 1 N–H and O–H groups in total. The van der Waals surface area contributed by atoms with E-state index in [1.807, 2.05) is 12.1 Å². The molecular weight excluding hydrogens is 406 g/mol. The maximum absolute atomic E-state index is 12.7. The first kappa shape index (κ1) is 25.1. The smallest absolute Gasteiger partial charge is 0.338 e. The van der Waals surface area contributed by atoms with Crippen LogP contribution in [0.4, 0.5) is 0 Å². The number of hydrogen-bond acceptors (Lipinski definition) is 5. The lowest BCUT2D eigenvalue weighted by molar-refractivity contribution is -0.142. The van der Waals surface area contributed by atoms with Crippen LogP contribution in [0, 0.1) is 0 Å². The summed E-state index contributed by atoms with van der Waals surface area (Å²) >= 11 is 0. The third-order valence-electron chi connectivity index (χ3n) is 4.83. The van der Waals surface area contributed by atoms with Gasteiger partial charge in [0.2, 0.25) is 0 Å². The van der Waals surface area contributed by atoms with Gasteiger partial charge in [-0.1, -0.05) is 45.0 Å². The van der Waals surface area contributed by atoms with Crippen LogP contribution in [0.3, 0.4) is 0 Å². The minimum Gasteiger partial charge on any atom is -0.467 e. The molecule has 0 heterocycles. The van der Waals surface area contributed by atoms with Crippen molar-refractivity contribution in [3.05, 3.63) is 70.8 Å². The molecule has 0 unspecified atom stereocenters. The molecule has 2 aromatic rings. The van der Waals surface area contributed by atoms with Crippen LogP contribution in [0.5, 0.6) is 0 Å². The summed E-state index contributed by atoms with van der Waals surface area (Å²) in [6.07, 6.45) is 0.229. The van der Waals surface area contributed by atoms with Crippen LogP contribution >= 0.6 is 0 Å². The molecule has 0 saturated heterocycles. The number of benzene rings is 2. The highest BCUT2D eigenvalue weighted by Gasteiger charge is 2.24. The minimum absolute atomic E-state index is 0.0188. The normalized spacial score (nSPS) is 12.6. The molecule has 2 aromatic carbocycles. The highest BCUT2D eigenvalue weighted by Crippen LogP contribution is 2.22. The average molecular weight is 440 g/mol. The Hall–Kier alpha value is -3.15. The zero-order valence-electron chi connectivity index (χ0n) is 19.9. The quantitative estimate of drug-likeness (QED) is 0.673. The molecule has 1 atom stereocenters. The summed E-state index contributed by atoms with van der Waals surface area (Å²) in [5.41, 5.74) is 2.17. The van der Waals surface area contributed by atoms with Crippen LogP contribution in [-0.2, 0) is 26.1 Å². The molecule has 0 aliphatic carbocycles. The predicted octanol–water partition coefficient (Wildman–Crippen LogP) is 4.45. The minimum atomic E-state index is -0.859. The Bertz CT molecular complexity index is 948. The second-order valence-corrected chi connectivity index (χ2v) is 9.78. The van der Waals surface area contributed by atoms with E-state index in [1.54, 1.807) is 57.2 Å². The molecule has 0 aliphatic heterocycles. The van der Waals surface area contributed by atoms with Crippen molar-refractivity contribution in [1.82, 2.24) is 5.32 Å². The van der Waals surface area contributed by atoms with Crippen molar-refractivity contribution in [3.63, 3.8) is 0 Å². The molecule has 172 valence electrons. The van der Waals surface area contributed by atoms with Gasteiger partial charge in [0.1, 0.15) is 11.6 Å². The van der Waals surface area contributed by atoms with Gasteiger partial charge < -0.3 is 14.8 Å². The SMILES string of the molecule is COC(=O)[C@@H](Cc1ccc(C(=O)OC(C)(C)C)cc1)NC(=O)c1ccc(C(C)(C)C)cc1. The van der Waals surface area contributed by atoms with E-state index in [0.29, 0.717) is 11.1 Å². The number of carbonyl (C=O) groups excluding carboxylic acids is 3. The number of hydrogen-bond donors (Lipinski definition) is 1. The molecule has 1 amide bonds. The zero-order chi connectivity index (χ0) is 24.1. The molecule has 6 nitrogen and oxygen atoms in total. The summed E-state index contributed by atoms with van der Waals surface area (Å²) in [7, 11) is 1.28. The van der Waals surface area contributed by atoms with Crippen LogP contribution in [-0.4, -0.2) is 36.6 Å². The van der Waals surface area contributed by atoms with Crippen molar-refractivity contribution in [2.24, 2.45) is 0 Å². The van der Waals surface area contributed by atoms with Crippen LogP contribution in [0.1, 0.15) is 73.4 Å². The summed E-state index contributed by atoms with van der Waals surface area (Å²) in [5.74, 6) is -1.31. The third-order valence-corrected chi connectivity index (χ3v) is 4.83. The molecule has 0 spiro atoms. The van der Waals surface area contributed by atoms with Crippen LogP contribution in [0.25, 0.3) is 0 Å². The number of rotatable bonds is 6. The topological polar surface area (TPSA) is 81.7 Å². The number of carbonyl (C=O) groups is 3. The molecule has 0 radical (unpaired) electrons. The average Bonchev–Trinajstić information content (AvgIpc) is 2.71. The largest absolute Gasteiger partial charge is 0.467 e. The van der Waals surface area contributed by atoms with E-state index >= 15 is 0 Å². The van der Waals surface area contributed by atoms with Gasteiger partial charge in [0.05, 0.1) is 12.7 Å². The van der Waals surface area contributed by atoms with Gasteiger partial charge in [-0.2, -0.15) is 0 Å². The number of amides is 1. The summed E-state index contributed by atoms with van der Waals surface area (Å²) < 4.78 is 10.2. The number of nitrogens with one attached hydrogen (secondary N) is 1.